The predicted molar refractivity (Wildman–Crippen MR) is 49.6 cm³/mol. The van der Waals surface area contributed by atoms with Crippen LogP contribution in [0.1, 0.15) is 31.9 Å². The van der Waals surface area contributed by atoms with Crippen molar-refractivity contribution in [1.29, 1.82) is 0 Å². The number of halogens is 1. The van der Waals surface area contributed by atoms with Gasteiger partial charge in [-0.2, -0.15) is 0 Å². The molecule has 0 atom stereocenters. The van der Waals surface area contributed by atoms with Crippen LogP contribution in [0.2, 0.25) is 0 Å². The zero-order valence-corrected chi connectivity index (χ0v) is 7.82. The second kappa shape index (κ2) is 2.89. The maximum atomic E-state index is 13.4. The molecule has 0 aliphatic carbocycles. The lowest BCUT2D eigenvalue weighted by Gasteiger charge is -2.20. The summed E-state index contributed by atoms with van der Waals surface area (Å²) in [7, 11) is 0. The van der Waals surface area contributed by atoms with Gasteiger partial charge in [0.25, 0.3) is 0 Å². The van der Waals surface area contributed by atoms with E-state index >= 15 is 0 Å². The molecule has 0 bridgehead atoms. The molecule has 0 aromatic heterocycles. The van der Waals surface area contributed by atoms with Crippen LogP contribution in [0.25, 0.3) is 0 Å². The second-order valence-corrected chi connectivity index (χ2v) is 4.03. The van der Waals surface area contributed by atoms with E-state index in [1.54, 1.807) is 6.07 Å². The van der Waals surface area contributed by atoms with E-state index in [0.29, 0.717) is 5.56 Å². The number of hydrogen-bond acceptors (Lipinski definition) is 0. The molecule has 0 amide bonds. The Hall–Kier alpha value is -0.850. The molecular formula is C11H14F. The van der Waals surface area contributed by atoms with Gasteiger partial charge in [0.05, 0.1) is 0 Å². The summed E-state index contributed by atoms with van der Waals surface area (Å²) in [6, 6.07) is 5.33. The molecule has 1 aromatic rings. The van der Waals surface area contributed by atoms with Crippen molar-refractivity contribution in [2.75, 3.05) is 0 Å². The lowest BCUT2D eigenvalue weighted by molar-refractivity contribution is 0.520. The van der Waals surface area contributed by atoms with Gasteiger partial charge in [0.2, 0.25) is 0 Å². The first-order valence-corrected chi connectivity index (χ1v) is 4.04. The van der Waals surface area contributed by atoms with Gasteiger partial charge in [0, 0.05) is 0 Å². The molecule has 0 aliphatic rings. The van der Waals surface area contributed by atoms with Crippen LogP contribution in [0.3, 0.4) is 0 Å². The lowest BCUT2D eigenvalue weighted by Crippen LogP contribution is -2.13. The minimum atomic E-state index is -0.176. The summed E-state index contributed by atoms with van der Waals surface area (Å²) in [5, 5.41) is 0. The Labute approximate surface area is 73.4 Å². The summed E-state index contributed by atoms with van der Waals surface area (Å²) < 4.78 is 13.4. The third kappa shape index (κ3) is 1.66. The molecule has 0 aliphatic heterocycles. The van der Waals surface area contributed by atoms with Crippen LogP contribution in [0, 0.1) is 12.7 Å². The zero-order chi connectivity index (χ0) is 9.35. The molecule has 0 nitrogen and oxygen atoms in total. The first-order valence-electron chi connectivity index (χ1n) is 4.04. The lowest BCUT2D eigenvalue weighted by atomic mass is 9.86. The van der Waals surface area contributed by atoms with E-state index in [9.17, 15) is 4.39 Å². The molecular weight excluding hydrogens is 151 g/mol. The van der Waals surface area contributed by atoms with Gasteiger partial charge >= 0.3 is 0 Å². The molecule has 0 fully saturated rings. The molecule has 0 saturated heterocycles. The fourth-order valence-corrected chi connectivity index (χ4v) is 1.16. The monoisotopic (exact) mass is 165 g/mol. The maximum absolute atomic E-state index is 13.4. The normalized spacial score (nSPS) is 11.8. The van der Waals surface area contributed by atoms with E-state index < -0.39 is 0 Å². The quantitative estimate of drug-likeness (QED) is 0.553. The molecule has 1 aromatic carbocycles. The van der Waals surface area contributed by atoms with E-state index in [1.807, 2.05) is 32.9 Å². The fraction of sp³-hybridized carbons (Fsp3) is 0.364. The first-order chi connectivity index (χ1) is 5.43. The van der Waals surface area contributed by atoms with Crippen LogP contribution in [-0.2, 0) is 5.41 Å². The van der Waals surface area contributed by atoms with Crippen molar-refractivity contribution >= 4 is 0 Å². The van der Waals surface area contributed by atoms with Crippen LogP contribution in [-0.4, -0.2) is 0 Å². The van der Waals surface area contributed by atoms with E-state index in [4.69, 9.17) is 0 Å². The summed E-state index contributed by atoms with van der Waals surface area (Å²) in [5.41, 5.74) is 1.06. The first kappa shape index (κ1) is 9.24. The molecule has 0 saturated carbocycles. The molecule has 12 heavy (non-hydrogen) atoms. The van der Waals surface area contributed by atoms with E-state index in [2.05, 4.69) is 6.92 Å². The van der Waals surface area contributed by atoms with Gasteiger partial charge in [-0.05, 0) is 23.5 Å². The van der Waals surface area contributed by atoms with Crippen molar-refractivity contribution in [3.8, 4) is 0 Å². The largest absolute Gasteiger partial charge is 0.206 e. The maximum Gasteiger partial charge on any atom is 0.130 e. The molecule has 1 rings (SSSR count). The molecule has 65 valence electrons. The number of rotatable bonds is 0. The Morgan fingerprint density at radius 1 is 1.25 bits per heavy atom. The molecule has 0 spiro atoms. The SMILES string of the molecule is [CH2]c1cccc(C(C)(C)C)c1F. The van der Waals surface area contributed by atoms with Crippen molar-refractivity contribution in [3.63, 3.8) is 0 Å². The molecule has 0 N–H and O–H groups in total. The summed E-state index contributed by atoms with van der Waals surface area (Å²) >= 11 is 0. The van der Waals surface area contributed by atoms with Crippen LogP contribution in [0.4, 0.5) is 4.39 Å². The summed E-state index contributed by atoms with van der Waals surface area (Å²) in [6.45, 7) is 9.59. The van der Waals surface area contributed by atoms with Crippen LogP contribution in [0.15, 0.2) is 18.2 Å². The van der Waals surface area contributed by atoms with Gasteiger partial charge < -0.3 is 0 Å². The summed E-state index contributed by atoms with van der Waals surface area (Å²) in [6.07, 6.45) is 0. The number of benzene rings is 1. The Bertz CT molecular complexity index is 282. The van der Waals surface area contributed by atoms with Crippen molar-refractivity contribution in [2.24, 2.45) is 0 Å². The Morgan fingerprint density at radius 2 is 1.83 bits per heavy atom. The van der Waals surface area contributed by atoms with Crippen LogP contribution in [0.5, 0.6) is 0 Å². The molecule has 0 unspecified atom stereocenters. The highest BCUT2D eigenvalue weighted by molar-refractivity contribution is 5.32. The second-order valence-electron chi connectivity index (χ2n) is 4.03. The van der Waals surface area contributed by atoms with Crippen molar-refractivity contribution in [2.45, 2.75) is 26.2 Å². The minimum Gasteiger partial charge on any atom is -0.206 e. The summed E-state index contributed by atoms with van der Waals surface area (Å²) in [4.78, 5) is 0. The van der Waals surface area contributed by atoms with Crippen LogP contribution >= 0.6 is 0 Å². The average Bonchev–Trinajstić information content (AvgIpc) is 1.92. The van der Waals surface area contributed by atoms with Crippen molar-refractivity contribution in [3.05, 3.63) is 42.1 Å². The summed E-state index contributed by atoms with van der Waals surface area (Å²) in [5.74, 6) is -0.176. The topological polar surface area (TPSA) is 0 Å². The van der Waals surface area contributed by atoms with Crippen molar-refractivity contribution in [1.82, 2.24) is 0 Å². The van der Waals surface area contributed by atoms with Crippen molar-refractivity contribution < 1.29 is 4.39 Å². The number of hydrogen-bond donors (Lipinski definition) is 0. The van der Waals surface area contributed by atoms with Gasteiger partial charge in [0.15, 0.2) is 0 Å². The highest BCUT2D eigenvalue weighted by Gasteiger charge is 2.18. The van der Waals surface area contributed by atoms with Gasteiger partial charge in [0.1, 0.15) is 5.82 Å². The third-order valence-corrected chi connectivity index (χ3v) is 1.89. The zero-order valence-electron chi connectivity index (χ0n) is 7.82. The standard InChI is InChI=1S/C11H14F/c1-8-6-5-7-9(10(8)12)11(2,3)4/h5-7H,1H2,2-4H3. The Morgan fingerprint density at radius 3 is 2.25 bits per heavy atom. The minimum absolute atomic E-state index is 0.141. The molecule has 1 radical (unpaired) electrons. The fourth-order valence-electron chi connectivity index (χ4n) is 1.16. The van der Waals surface area contributed by atoms with Gasteiger partial charge in [-0.25, -0.2) is 4.39 Å². The Kier molecular flexibility index (Phi) is 2.22. The van der Waals surface area contributed by atoms with E-state index in [-0.39, 0.29) is 11.2 Å². The Balaban J connectivity index is 3.26. The smallest absolute Gasteiger partial charge is 0.130 e. The van der Waals surface area contributed by atoms with Gasteiger partial charge in [-0.3, -0.25) is 0 Å². The van der Waals surface area contributed by atoms with Gasteiger partial charge in [-0.15, -0.1) is 0 Å². The molecule has 1 heteroatoms. The highest BCUT2D eigenvalue weighted by atomic mass is 19.1. The van der Waals surface area contributed by atoms with E-state index in [0.717, 1.165) is 5.56 Å². The average molecular weight is 165 g/mol. The molecule has 0 heterocycles. The predicted octanol–water partition coefficient (Wildman–Crippen LogP) is 3.31. The van der Waals surface area contributed by atoms with E-state index in [1.165, 1.54) is 0 Å². The third-order valence-electron chi connectivity index (χ3n) is 1.89. The van der Waals surface area contributed by atoms with Gasteiger partial charge in [-0.1, -0.05) is 39.0 Å². The highest BCUT2D eigenvalue weighted by Crippen LogP contribution is 2.26. The van der Waals surface area contributed by atoms with Crippen LogP contribution < -0.4 is 0 Å².